The van der Waals surface area contributed by atoms with Crippen molar-refractivity contribution >= 4 is 33.9 Å². The van der Waals surface area contributed by atoms with Crippen LogP contribution >= 0.6 is 0 Å². The highest BCUT2D eigenvalue weighted by atomic mass is 16.2. The van der Waals surface area contributed by atoms with Gasteiger partial charge in [-0.1, -0.05) is 25.5 Å². The third-order valence-electron chi connectivity index (χ3n) is 5.92. The first-order valence-electron chi connectivity index (χ1n) is 11.5. The Labute approximate surface area is 190 Å². The summed E-state index contributed by atoms with van der Waals surface area (Å²) in [6.07, 6.45) is 11.8. The lowest BCUT2D eigenvalue weighted by Gasteiger charge is -2.12. The molecule has 3 rings (SSSR count). The van der Waals surface area contributed by atoms with Crippen molar-refractivity contribution < 1.29 is 9.59 Å². The monoisotopic (exact) mass is 431 g/mol. The largest absolute Gasteiger partial charge is 0.310 e. The molecule has 0 unspecified atom stereocenters. The van der Waals surface area contributed by atoms with E-state index in [1.54, 1.807) is 6.20 Å². The van der Waals surface area contributed by atoms with Gasteiger partial charge in [-0.3, -0.25) is 14.6 Å². The minimum Gasteiger partial charge on any atom is -0.310 e. The summed E-state index contributed by atoms with van der Waals surface area (Å²) in [6.45, 7) is 10.1. The van der Waals surface area contributed by atoms with Crippen LogP contribution < -0.4 is 5.32 Å². The van der Waals surface area contributed by atoms with Crippen molar-refractivity contribution in [3.05, 3.63) is 59.1 Å². The summed E-state index contributed by atoms with van der Waals surface area (Å²) in [4.78, 5) is 33.8. The normalized spacial score (nSPS) is 15.5. The highest BCUT2D eigenvalue weighted by Gasteiger charge is 2.29. The van der Waals surface area contributed by atoms with Crippen molar-refractivity contribution in [2.75, 3.05) is 5.32 Å². The smallest absolute Gasteiger partial charge is 0.228 e. The molecule has 1 N–H and O–H groups in total. The Bertz CT molecular complexity index is 1120. The van der Waals surface area contributed by atoms with Crippen LogP contribution in [0.4, 0.5) is 5.82 Å². The predicted octanol–water partition coefficient (Wildman–Crippen LogP) is 6.42. The van der Waals surface area contributed by atoms with Crippen molar-refractivity contribution in [2.24, 2.45) is 5.92 Å². The van der Waals surface area contributed by atoms with E-state index in [1.165, 1.54) is 0 Å². The van der Waals surface area contributed by atoms with E-state index in [1.807, 2.05) is 58.2 Å². The van der Waals surface area contributed by atoms with Gasteiger partial charge in [0.15, 0.2) is 5.78 Å². The summed E-state index contributed by atoms with van der Waals surface area (Å²) in [5.74, 6) is 0.936. The summed E-state index contributed by atoms with van der Waals surface area (Å²) < 4.78 is 0. The van der Waals surface area contributed by atoms with Gasteiger partial charge in [-0.15, -0.1) is 0 Å². The summed E-state index contributed by atoms with van der Waals surface area (Å²) in [5.41, 5.74) is 4.75. The van der Waals surface area contributed by atoms with Crippen LogP contribution in [0.1, 0.15) is 72.4 Å². The van der Waals surface area contributed by atoms with Gasteiger partial charge in [-0.25, -0.2) is 4.98 Å². The van der Waals surface area contributed by atoms with Crippen LogP contribution in [0.2, 0.25) is 0 Å². The number of allylic oxidation sites excluding steroid dienone is 6. The molecule has 1 saturated carbocycles. The average Bonchev–Trinajstić information content (AvgIpc) is 3.63. The first-order chi connectivity index (χ1) is 15.4. The summed E-state index contributed by atoms with van der Waals surface area (Å²) in [5, 5.41) is 4.76. The number of hydrogen-bond donors (Lipinski definition) is 1. The number of carbonyl (C=O) groups excluding carboxylic acids is 2. The minimum atomic E-state index is 0.0437. The molecule has 1 aliphatic rings. The summed E-state index contributed by atoms with van der Waals surface area (Å²) in [6, 6.07) is 3.87. The molecule has 0 atom stereocenters. The first-order valence-corrected chi connectivity index (χ1v) is 11.5. The van der Waals surface area contributed by atoms with E-state index >= 15 is 0 Å². The molecule has 2 heterocycles. The molecule has 0 spiro atoms. The second-order valence-electron chi connectivity index (χ2n) is 8.50. The Kier molecular flexibility index (Phi) is 7.73. The molecule has 0 aliphatic heterocycles. The average molecular weight is 432 g/mol. The molecule has 32 heavy (non-hydrogen) atoms. The molecule has 5 heteroatoms. The van der Waals surface area contributed by atoms with Crippen LogP contribution in [0.3, 0.4) is 0 Å². The zero-order valence-corrected chi connectivity index (χ0v) is 19.8. The van der Waals surface area contributed by atoms with E-state index in [0.29, 0.717) is 12.2 Å². The SMILES string of the molecule is C\C=C(/C(C)=C\C(C(=O)CCC)=C(/C)CC)c1cc2cnc(NC(=O)C3CC3)cc2cn1. The zero-order chi connectivity index (χ0) is 23.3. The zero-order valence-electron chi connectivity index (χ0n) is 19.8. The van der Waals surface area contributed by atoms with Gasteiger partial charge in [0.1, 0.15) is 5.82 Å². The Morgan fingerprint density at radius 1 is 1.09 bits per heavy atom. The highest BCUT2D eigenvalue weighted by molar-refractivity contribution is 6.00. The van der Waals surface area contributed by atoms with Crippen LogP contribution in [-0.4, -0.2) is 21.7 Å². The van der Waals surface area contributed by atoms with Crippen LogP contribution in [0.15, 0.2) is 53.4 Å². The highest BCUT2D eigenvalue weighted by Crippen LogP contribution is 2.31. The molecule has 0 bridgehead atoms. The fraction of sp³-hybridized carbons (Fsp3) is 0.407. The second-order valence-corrected chi connectivity index (χ2v) is 8.50. The Morgan fingerprint density at radius 3 is 2.41 bits per heavy atom. The van der Waals surface area contributed by atoms with Gasteiger partial charge < -0.3 is 5.32 Å². The van der Waals surface area contributed by atoms with Crippen molar-refractivity contribution in [2.45, 2.75) is 66.7 Å². The number of nitrogens with zero attached hydrogens (tertiary/aromatic N) is 2. The first kappa shape index (κ1) is 23.6. The molecule has 0 aromatic carbocycles. The molecule has 1 aliphatic carbocycles. The number of Topliss-reactive ketones (excluding diaryl/α,β-unsaturated/α-hetero) is 1. The third kappa shape index (κ3) is 5.58. The van der Waals surface area contributed by atoms with Crippen LogP contribution in [0, 0.1) is 5.92 Å². The van der Waals surface area contributed by atoms with Crippen LogP contribution in [0.25, 0.3) is 16.3 Å². The topological polar surface area (TPSA) is 72.0 Å². The third-order valence-corrected chi connectivity index (χ3v) is 5.92. The number of fused-ring (bicyclic) bond motifs is 1. The second kappa shape index (κ2) is 10.5. The molecule has 0 radical (unpaired) electrons. The van der Waals surface area contributed by atoms with Gasteiger partial charge in [0.25, 0.3) is 0 Å². The number of ketones is 1. The van der Waals surface area contributed by atoms with Crippen molar-refractivity contribution in [3.63, 3.8) is 0 Å². The number of nitrogens with one attached hydrogen (secondary N) is 1. The molecular weight excluding hydrogens is 398 g/mol. The van der Waals surface area contributed by atoms with E-state index < -0.39 is 0 Å². The van der Waals surface area contributed by atoms with Crippen LogP contribution in [0.5, 0.6) is 0 Å². The van der Waals surface area contributed by atoms with Gasteiger partial charge in [0.05, 0.1) is 5.69 Å². The van der Waals surface area contributed by atoms with Gasteiger partial charge in [0.2, 0.25) is 5.91 Å². The molecule has 1 fully saturated rings. The van der Waals surface area contributed by atoms with Crippen molar-refractivity contribution in [3.8, 4) is 0 Å². The van der Waals surface area contributed by atoms with Gasteiger partial charge in [0, 0.05) is 41.1 Å². The van der Waals surface area contributed by atoms with E-state index in [4.69, 9.17) is 0 Å². The molecule has 5 nitrogen and oxygen atoms in total. The number of pyridine rings is 2. The van der Waals surface area contributed by atoms with Gasteiger partial charge >= 0.3 is 0 Å². The Morgan fingerprint density at radius 2 is 1.78 bits per heavy atom. The lowest BCUT2D eigenvalue weighted by atomic mass is 9.94. The van der Waals surface area contributed by atoms with Crippen molar-refractivity contribution in [1.82, 2.24) is 9.97 Å². The van der Waals surface area contributed by atoms with Crippen LogP contribution in [-0.2, 0) is 9.59 Å². The molecule has 1 amide bonds. The maximum Gasteiger partial charge on any atom is 0.228 e. The van der Waals surface area contributed by atoms with E-state index in [0.717, 1.165) is 64.4 Å². The quantitative estimate of drug-likeness (QED) is 0.367. The molecule has 2 aromatic heterocycles. The maximum atomic E-state index is 12.7. The summed E-state index contributed by atoms with van der Waals surface area (Å²) >= 11 is 0. The number of rotatable bonds is 9. The van der Waals surface area contributed by atoms with Gasteiger partial charge in [-0.05, 0) is 75.8 Å². The molecule has 0 saturated heterocycles. The number of amides is 1. The Hall–Kier alpha value is -3.08. The van der Waals surface area contributed by atoms with E-state index in [-0.39, 0.29) is 17.6 Å². The lowest BCUT2D eigenvalue weighted by molar-refractivity contribution is -0.117. The minimum absolute atomic E-state index is 0.0437. The molecule has 168 valence electrons. The fourth-order valence-electron chi connectivity index (χ4n) is 3.69. The van der Waals surface area contributed by atoms with E-state index in [2.05, 4.69) is 22.2 Å². The number of carbonyl (C=O) groups is 2. The van der Waals surface area contributed by atoms with Gasteiger partial charge in [-0.2, -0.15) is 0 Å². The number of hydrogen-bond acceptors (Lipinski definition) is 4. The summed E-state index contributed by atoms with van der Waals surface area (Å²) in [7, 11) is 0. The predicted molar refractivity (Wildman–Crippen MR) is 131 cm³/mol. The lowest BCUT2D eigenvalue weighted by Crippen LogP contribution is -2.14. The maximum absolute atomic E-state index is 12.7. The molecular formula is C27H33N3O2. The van der Waals surface area contributed by atoms with Crippen molar-refractivity contribution in [1.29, 1.82) is 0 Å². The van der Waals surface area contributed by atoms with E-state index in [9.17, 15) is 9.59 Å². The molecule has 2 aromatic rings. The Balaban J connectivity index is 1.90. The number of anilines is 1. The number of aromatic nitrogens is 2. The standard InChI is InChI=1S/C27H33N3O2/c1-6-9-25(31)23(17(4)7-2)12-18(5)22(8-3)24-13-20-16-29-26(14-21(20)15-28-24)30-27(32)19-10-11-19/h8,12-16,19H,6-7,9-11H2,1-5H3,(H,29,30,32)/b18-12-,22-8+,23-17-. The fourth-order valence-corrected chi connectivity index (χ4v) is 3.69.